The minimum atomic E-state index is -5.00. The number of carbonyl (C=O) groups is 2. The number of nitrogens with one attached hydrogen (secondary N) is 2. The first-order valence-corrected chi connectivity index (χ1v) is 22.4. The molecule has 6 aliphatic rings. The molecule has 340 valence electrons. The monoisotopic (exact) mass is 976 g/mol. The number of benzene rings is 4. The van der Waals surface area contributed by atoms with Gasteiger partial charge in [0.25, 0.3) is 11.8 Å². The van der Waals surface area contributed by atoms with Gasteiger partial charge in [0.15, 0.2) is 46.0 Å². The molecule has 10 rings (SSSR count). The zero-order valence-electron chi connectivity index (χ0n) is 36.4. The van der Waals surface area contributed by atoms with Crippen molar-refractivity contribution in [1.29, 1.82) is 0 Å². The maximum absolute atomic E-state index is 14.2. The third-order valence-electron chi connectivity index (χ3n) is 11.8. The van der Waals surface area contributed by atoms with Gasteiger partial charge in [-0.3, -0.25) is 14.6 Å². The average molecular weight is 977 g/mol. The summed E-state index contributed by atoms with van der Waals surface area (Å²) >= 11 is 0.732. The number of nitrogens with zero attached hydrogens (tertiary/aromatic N) is 2. The van der Waals surface area contributed by atoms with E-state index in [0.29, 0.717) is 58.4 Å². The Hall–Kier alpha value is -4.56. The molecule has 6 aliphatic heterocycles. The van der Waals surface area contributed by atoms with Crippen molar-refractivity contribution < 1.29 is 134 Å². The third-order valence-corrected chi connectivity index (χ3v) is 13.6. The van der Waals surface area contributed by atoms with Crippen molar-refractivity contribution in [3.63, 3.8) is 0 Å². The van der Waals surface area contributed by atoms with Gasteiger partial charge in [-0.1, -0.05) is 12.1 Å². The van der Waals surface area contributed by atoms with Gasteiger partial charge in [-0.05, 0) is 71.5 Å². The van der Waals surface area contributed by atoms with E-state index in [1.54, 1.807) is 47.6 Å². The van der Waals surface area contributed by atoms with Crippen LogP contribution in [0.1, 0.15) is 51.1 Å². The van der Waals surface area contributed by atoms with Crippen LogP contribution in [-0.2, 0) is 19.5 Å². The Morgan fingerprint density at radius 3 is 1.69 bits per heavy atom. The predicted octanol–water partition coefficient (Wildman–Crippen LogP) is -1.55. The van der Waals surface area contributed by atoms with Crippen molar-refractivity contribution >= 4 is 56.5 Å². The Kier molecular flexibility index (Phi) is 14.7. The van der Waals surface area contributed by atoms with Gasteiger partial charge in [-0.15, -0.1) is 0 Å². The van der Waals surface area contributed by atoms with E-state index in [4.69, 9.17) is 42.2 Å². The Bertz CT molecular complexity index is 2780. The minimum absolute atomic E-state index is 0. The molecule has 67 heavy (non-hydrogen) atoms. The Balaban J connectivity index is 0.00000304. The summed E-state index contributed by atoms with van der Waals surface area (Å²) in [6.07, 6.45) is 4.12. The largest absolute Gasteiger partial charge is 1.00 e. The number of methoxy groups -OCH3 is 2. The van der Waals surface area contributed by atoms with Crippen LogP contribution in [0.25, 0.3) is 11.1 Å². The van der Waals surface area contributed by atoms with Gasteiger partial charge < -0.3 is 68.1 Å². The molecule has 0 aromatic heterocycles. The molecule has 0 unspecified atom stereocenters. The van der Waals surface area contributed by atoms with E-state index in [1.807, 2.05) is 18.2 Å². The van der Waals surface area contributed by atoms with E-state index < -0.39 is 38.9 Å². The molecule has 0 saturated heterocycles. The van der Waals surface area contributed by atoms with Crippen molar-refractivity contribution in [3.8, 4) is 46.0 Å². The first-order chi connectivity index (χ1) is 31.5. The number of carbonyl (C=O) groups excluding carboxylic acids is 2. The summed E-state index contributed by atoms with van der Waals surface area (Å²) in [5.41, 5.74) is 3.86. The fourth-order valence-electron chi connectivity index (χ4n) is 8.65. The number of anilines is 2. The second-order valence-corrected chi connectivity index (χ2v) is 17.7. The maximum atomic E-state index is 14.2. The Morgan fingerprint density at radius 2 is 1.18 bits per heavy atom. The molecular weight excluding hydrogens is 939 g/mol. The molecule has 0 saturated carbocycles. The number of amides is 2. The predicted molar refractivity (Wildman–Crippen MR) is 226 cm³/mol. The molecule has 6 heterocycles. The van der Waals surface area contributed by atoms with E-state index >= 15 is 0 Å². The molecule has 24 heteroatoms. The fraction of sp³-hybridized carbons (Fsp3) is 0.302. The number of hydrogen-bond acceptors (Lipinski definition) is 19. The molecular formula is C43H38N4Na2O16S2. The van der Waals surface area contributed by atoms with Crippen molar-refractivity contribution in [1.82, 2.24) is 9.80 Å². The standard InChI is InChI=1S/C43H40N4O16S2.2Na/c1-54-34-14-26-28(44-40(64-63-62-50)30-10-24(18-46(30)42(26)48)22-4-6-32-36(12-22)60-20-58-32)16-38(34)56-8-3-9-57-39-17-29-27(15-35(39)55-2)43(49)47-19-25(11-31(47)41(45-29)65(51,52)53)23-5-7-33-37(13-23)61-21-59-33;;/h4-7,12-19,30-31,40-41,44-45,50H,3,8-11,20-21H2,1-2H3,(H,51,52,53);;/q;2*+1/p-2/t30-,31-,40-,41-;;/m0../s1. The van der Waals surface area contributed by atoms with E-state index in [1.165, 1.54) is 31.3 Å². The number of ether oxygens (including phenoxy) is 8. The van der Waals surface area contributed by atoms with Gasteiger partial charge in [0.2, 0.25) is 13.6 Å². The quantitative estimate of drug-likeness (QED) is 0.0363. The molecule has 0 radical (unpaired) electrons. The molecule has 0 aliphatic carbocycles. The molecule has 4 aromatic carbocycles. The van der Waals surface area contributed by atoms with Crippen LogP contribution < -0.4 is 113 Å². The number of fused-ring (bicyclic) bond motifs is 6. The Labute approximate surface area is 432 Å². The van der Waals surface area contributed by atoms with Crippen LogP contribution in [-0.4, -0.2) is 98.4 Å². The van der Waals surface area contributed by atoms with Gasteiger partial charge >= 0.3 is 59.1 Å². The first-order valence-electron chi connectivity index (χ1n) is 20.2. The van der Waals surface area contributed by atoms with E-state index in [2.05, 4.69) is 15.7 Å². The fourth-order valence-corrected chi connectivity index (χ4v) is 10.2. The van der Waals surface area contributed by atoms with Crippen LogP contribution in [0.3, 0.4) is 0 Å². The second kappa shape index (κ2) is 20.2. The summed E-state index contributed by atoms with van der Waals surface area (Å²) in [6, 6.07) is 15.3. The van der Waals surface area contributed by atoms with Gasteiger partial charge in [-0.25, -0.2) is 8.42 Å². The van der Waals surface area contributed by atoms with Gasteiger partial charge in [0.1, 0.15) is 20.9 Å². The minimum Gasteiger partial charge on any atom is -0.746 e. The molecule has 4 atom stereocenters. The van der Waals surface area contributed by atoms with Crippen LogP contribution in [0, 0.1) is 0 Å². The van der Waals surface area contributed by atoms with Gasteiger partial charge in [0, 0.05) is 31.0 Å². The summed E-state index contributed by atoms with van der Waals surface area (Å²) in [7, 11) is -2.15. The van der Waals surface area contributed by atoms with Crippen molar-refractivity contribution in [3.05, 3.63) is 95.3 Å². The van der Waals surface area contributed by atoms with E-state index in [-0.39, 0.29) is 132 Å². The normalized spacial score (nSPS) is 20.5. The molecule has 0 bridgehead atoms. The zero-order valence-corrected chi connectivity index (χ0v) is 42.1. The second-order valence-electron chi connectivity index (χ2n) is 15.4. The maximum Gasteiger partial charge on any atom is 1.00 e. The van der Waals surface area contributed by atoms with Gasteiger partial charge in [0.05, 0.1) is 74.1 Å². The zero-order chi connectivity index (χ0) is 45.0. The molecule has 0 spiro atoms. The van der Waals surface area contributed by atoms with Crippen LogP contribution in [0.5, 0.6) is 46.0 Å². The van der Waals surface area contributed by atoms with Crippen LogP contribution in [0.15, 0.2) is 73.1 Å². The molecule has 4 aromatic rings. The summed E-state index contributed by atoms with van der Waals surface area (Å²) in [5.74, 6) is 2.41. The number of hydrogen-bond donors (Lipinski definition) is 2. The van der Waals surface area contributed by atoms with E-state index in [9.17, 15) is 27.8 Å². The average Bonchev–Trinajstić information content (AvgIpc) is 4.13. The van der Waals surface area contributed by atoms with Crippen LogP contribution in [0.4, 0.5) is 11.4 Å². The van der Waals surface area contributed by atoms with Crippen molar-refractivity contribution in [2.75, 3.05) is 51.7 Å². The summed E-state index contributed by atoms with van der Waals surface area (Å²) < 4.78 is 88.4. The summed E-state index contributed by atoms with van der Waals surface area (Å²) in [5, 5.41) is 18.4. The molecule has 0 fully saturated rings. The summed E-state index contributed by atoms with van der Waals surface area (Å²) in [4.78, 5) is 31.1. The molecule has 20 nitrogen and oxygen atoms in total. The first kappa shape index (κ1) is 48.9. The van der Waals surface area contributed by atoms with Crippen LogP contribution >= 0.6 is 12.0 Å². The topological polar surface area (TPSA) is 237 Å². The molecule has 2 N–H and O–H groups in total. The summed E-state index contributed by atoms with van der Waals surface area (Å²) in [6.45, 7) is 0.382. The number of rotatable bonds is 14. The van der Waals surface area contributed by atoms with E-state index in [0.717, 1.165) is 23.2 Å². The molecule has 2 amide bonds. The Morgan fingerprint density at radius 1 is 0.687 bits per heavy atom. The SMILES string of the molecule is COc1cc2c(cc1OCCCOc1cc3c(cc1OC)C(=O)N1C=C(c4ccc5c(c4)OCO5)C[C@H]1[C@H](SOO[O-])N3)N[C@@H](S(=O)(=O)[O-])[C@@H]1CC(c3ccc4c(c3)OCO4)=CN1C2=O.[Na+].[Na+]. The smallest absolute Gasteiger partial charge is 0.746 e. The van der Waals surface area contributed by atoms with Crippen molar-refractivity contribution in [2.45, 2.75) is 42.1 Å². The van der Waals surface area contributed by atoms with Crippen LogP contribution in [0.2, 0.25) is 0 Å². The van der Waals surface area contributed by atoms with Gasteiger partial charge in [-0.2, -0.15) is 4.33 Å². The third kappa shape index (κ3) is 9.47. The van der Waals surface area contributed by atoms with Crippen molar-refractivity contribution in [2.24, 2.45) is 0 Å².